The van der Waals surface area contributed by atoms with E-state index in [2.05, 4.69) is 10.4 Å². The standard InChI is InChI=1S/C16H19ClN4O2/c17-13-5-3-12(4-6-13)9-20-10-14(8-18-20)19-16(23)21-7-1-2-15(21)11-22/h3-6,8,10,15,22H,1-2,7,9,11H2,(H,19,23)/t15-/m0/s1. The smallest absolute Gasteiger partial charge is 0.322 e. The molecule has 2 N–H and O–H groups in total. The fourth-order valence-corrected chi connectivity index (χ4v) is 2.91. The number of anilines is 1. The van der Waals surface area contributed by atoms with E-state index in [4.69, 9.17) is 11.6 Å². The number of carbonyl (C=O) groups excluding carboxylic acids is 1. The molecule has 0 spiro atoms. The van der Waals surface area contributed by atoms with Crippen LogP contribution in [0.15, 0.2) is 36.7 Å². The number of nitrogens with one attached hydrogen (secondary N) is 1. The molecule has 7 heteroatoms. The number of urea groups is 1. The molecular weight excluding hydrogens is 316 g/mol. The monoisotopic (exact) mass is 334 g/mol. The average Bonchev–Trinajstić information content (AvgIpc) is 3.18. The number of amides is 2. The summed E-state index contributed by atoms with van der Waals surface area (Å²) in [5, 5.41) is 17.1. The van der Waals surface area contributed by atoms with Crippen molar-refractivity contribution in [1.29, 1.82) is 0 Å². The number of nitrogens with zero attached hydrogens (tertiary/aromatic N) is 3. The Morgan fingerprint density at radius 3 is 2.91 bits per heavy atom. The number of benzene rings is 1. The van der Waals surface area contributed by atoms with E-state index in [1.807, 2.05) is 24.3 Å². The molecule has 122 valence electrons. The molecule has 1 aliphatic rings. The first kappa shape index (κ1) is 15.8. The van der Waals surface area contributed by atoms with Gasteiger partial charge in [0, 0.05) is 17.8 Å². The number of rotatable bonds is 4. The molecule has 0 radical (unpaired) electrons. The maximum absolute atomic E-state index is 12.2. The third-order valence-electron chi connectivity index (χ3n) is 3.99. The lowest BCUT2D eigenvalue weighted by atomic mass is 10.2. The molecule has 1 saturated heterocycles. The molecule has 2 aromatic rings. The van der Waals surface area contributed by atoms with Gasteiger partial charge in [0.1, 0.15) is 0 Å². The lowest BCUT2D eigenvalue weighted by molar-refractivity contribution is 0.166. The SMILES string of the molecule is O=C(Nc1cnn(Cc2ccc(Cl)cc2)c1)N1CCC[C@H]1CO. The summed E-state index contributed by atoms with van der Waals surface area (Å²) in [6, 6.07) is 7.29. The minimum absolute atomic E-state index is 0.00322. The number of hydrogen-bond acceptors (Lipinski definition) is 3. The molecule has 0 unspecified atom stereocenters. The molecule has 0 bridgehead atoms. The normalized spacial score (nSPS) is 17.5. The second-order valence-electron chi connectivity index (χ2n) is 5.66. The lowest BCUT2D eigenvalue weighted by Gasteiger charge is -2.22. The third kappa shape index (κ3) is 3.83. The van der Waals surface area contributed by atoms with Gasteiger partial charge in [-0.3, -0.25) is 4.68 Å². The third-order valence-corrected chi connectivity index (χ3v) is 4.24. The van der Waals surface area contributed by atoms with Crippen LogP contribution in [0.4, 0.5) is 10.5 Å². The first-order valence-corrected chi connectivity index (χ1v) is 7.99. The van der Waals surface area contributed by atoms with E-state index in [1.54, 1.807) is 22.0 Å². The first-order valence-electron chi connectivity index (χ1n) is 7.61. The van der Waals surface area contributed by atoms with Crippen LogP contribution in [-0.4, -0.2) is 45.0 Å². The number of carbonyl (C=O) groups is 1. The van der Waals surface area contributed by atoms with Crippen molar-refractivity contribution < 1.29 is 9.90 Å². The number of aliphatic hydroxyl groups is 1. The molecule has 2 amide bonds. The van der Waals surface area contributed by atoms with Crippen molar-refractivity contribution >= 4 is 23.3 Å². The summed E-state index contributed by atoms with van der Waals surface area (Å²) in [5.74, 6) is 0. The predicted molar refractivity (Wildman–Crippen MR) is 88.6 cm³/mol. The van der Waals surface area contributed by atoms with Crippen LogP contribution < -0.4 is 5.32 Å². The van der Waals surface area contributed by atoms with Gasteiger partial charge in [-0.25, -0.2) is 4.79 Å². The molecule has 0 saturated carbocycles. The fourth-order valence-electron chi connectivity index (χ4n) is 2.78. The van der Waals surface area contributed by atoms with Gasteiger partial charge in [-0.2, -0.15) is 5.10 Å². The van der Waals surface area contributed by atoms with Crippen LogP contribution in [0.5, 0.6) is 0 Å². The van der Waals surface area contributed by atoms with Crippen LogP contribution in [0.3, 0.4) is 0 Å². The minimum Gasteiger partial charge on any atom is -0.394 e. The number of aliphatic hydroxyl groups excluding tert-OH is 1. The predicted octanol–water partition coefficient (Wildman–Crippen LogP) is 2.57. The van der Waals surface area contributed by atoms with Crippen LogP contribution in [-0.2, 0) is 6.54 Å². The van der Waals surface area contributed by atoms with Crippen LogP contribution in [0.2, 0.25) is 5.02 Å². The molecule has 1 atom stereocenters. The summed E-state index contributed by atoms with van der Waals surface area (Å²) in [5.41, 5.74) is 1.72. The zero-order valence-electron chi connectivity index (χ0n) is 12.7. The minimum atomic E-state index is -0.187. The van der Waals surface area contributed by atoms with E-state index in [1.165, 1.54) is 0 Å². The van der Waals surface area contributed by atoms with E-state index < -0.39 is 0 Å². The van der Waals surface area contributed by atoms with Gasteiger partial charge >= 0.3 is 6.03 Å². The first-order chi connectivity index (χ1) is 11.2. The van der Waals surface area contributed by atoms with E-state index in [0.29, 0.717) is 23.8 Å². The quantitative estimate of drug-likeness (QED) is 0.902. The van der Waals surface area contributed by atoms with Crippen molar-refractivity contribution in [3.63, 3.8) is 0 Å². The zero-order chi connectivity index (χ0) is 16.2. The topological polar surface area (TPSA) is 70.4 Å². The highest BCUT2D eigenvalue weighted by Crippen LogP contribution is 2.18. The highest BCUT2D eigenvalue weighted by atomic mass is 35.5. The summed E-state index contributed by atoms with van der Waals surface area (Å²) in [6.45, 7) is 1.29. The van der Waals surface area contributed by atoms with Crippen LogP contribution in [0.25, 0.3) is 0 Å². The van der Waals surface area contributed by atoms with Gasteiger partial charge in [0.15, 0.2) is 0 Å². The Bertz CT molecular complexity index is 671. The second kappa shape index (κ2) is 7.02. The Labute approximate surface area is 139 Å². The molecule has 2 heterocycles. The summed E-state index contributed by atoms with van der Waals surface area (Å²) in [6.07, 6.45) is 5.18. The van der Waals surface area contributed by atoms with Crippen molar-refractivity contribution in [3.05, 3.63) is 47.2 Å². The number of hydrogen-bond donors (Lipinski definition) is 2. The molecule has 1 aliphatic heterocycles. The van der Waals surface area contributed by atoms with Crippen molar-refractivity contribution in [3.8, 4) is 0 Å². The van der Waals surface area contributed by atoms with Gasteiger partial charge in [0.05, 0.1) is 31.1 Å². The molecule has 1 aromatic heterocycles. The van der Waals surface area contributed by atoms with Gasteiger partial charge in [-0.05, 0) is 30.5 Å². The van der Waals surface area contributed by atoms with E-state index >= 15 is 0 Å². The number of likely N-dealkylation sites (tertiary alicyclic amines) is 1. The zero-order valence-corrected chi connectivity index (χ0v) is 13.4. The number of halogens is 1. The molecule has 6 nitrogen and oxygen atoms in total. The maximum Gasteiger partial charge on any atom is 0.322 e. The Morgan fingerprint density at radius 1 is 1.39 bits per heavy atom. The Morgan fingerprint density at radius 2 is 2.17 bits per heavy atom. The van der Waals surface area contributed by atoms with Crippen molar-refractivity contribution in [2.45, 2.75) is 25.4 Å². The Hall–Kier alpha value is -2.05. The van der Waals surface area contributed by atoms with Gasteiger partial charge in [0.2, 0.25) is 0 Å². The van der Waals surface area contributed by atoms with Crippen LogP contribution in [0, 0.1) is 0 Å². The Kier molecular flexibility index (Phi) is 4.83. The molecule has 0 aliphatic carbocycles. The molecule has 3 rings (SSSR count). The molecule has 1 aromatic carbocycles. The van der Waals surface area contributed by atoms with Gasteiger partial charge in [0.25, 0.3) is 0 Å². The molecule has 23 heavy (non-hydrogen) atoms. The summed E-state index contributed by atoms with van der Waals surface area (Å²) >= 11 is 5.87. The van der Waals surface area contributed by atoms with Crippen LogP contribution >= 0.6 is 11.6 Å². The summed E-state index contributed by atoms with van der Waals surface area (Å²) < 4.78 is 1.76. The molecule has 1 fully saturated rings. The highest BCUT2D eigenvalue weighted by molar-refractivity contribution is 6.30. The van der Waals surface area contributed by atoms with Crippen molar-refractivity contribution in [2.24, 2.45) is 0 Å². The van der Waals surface area contributed by atoms with Gasteiger partial charge in [-0.1, -0.05) is 23.7 Å². The van der Waals surface area contributed by atoms with Crippen molar-refractivity contribution in [1.82, 2.24) is 14.7 Å². The Balaban J connectivity index is 1.60. The van der Waals surface area contributed by atoms with E-state index in [9.17, 15) is 9.90 Å². The van der Waals surface area contributed by atoms with Gasteiger partial charge < -0.3 is 15.3 Å². The largest absolute Gasteiger partial charge is 0.394 e. The average molecular weight is 335 g/mol. The van der Waals surface area contributed by atoms with Gasteiger partial charge in [-0.15, -0.1) is 0 Å². The lowest BCUT2D eigenvalue weighted by Crippen LogP contribution is -2.40. The number of aromatic nitrogens is 2. The molecular formula is C16H19ClN4O2. The van der Waals surface area contributed by atoms with E-state index in [0.717, 1.165) is 18.4 Å². The van der Waals surface area contributed by atoms with Crippen molar-refractivity contribution in [2.75, 3.05) is 18.5 Å². The summed E-state index contributed by atoms with van der Waals surface area (Å²) in [7, 11) is 0. The van der Waals surface area contributed by atoms with E-state index in [-0.39, 0.29) is 18.7 Å². The fraction of sp³-hybridized carbons (Fsp3) is 0.375. The summed E-state index contributed by atoms with van der Waals surface area (Å²) in [4.78, 5) is 13.9. The highest BCUT2D eigenvalue weighted by Gasteiger charge is 2.28. The van der Waals surface area contributed by atoms with Crippen LogP contribution in [0.1, 0.15) is 18.4 Å². The second-order valence-corrected chi connectivity index (χ2v) is 6.09. The maximum atomic E-state index is 12.2.